The van der Waals surface area contributed by atoms with Crippen molar-refractivity contribution in [3.05, 3.63) is 52.5 Å². The molecule has 1 aliphatic heterocycles. The molecular weight excluding hydrogens is 489 g/mol. The molecule has 1 fully saturated rings. The number of rotatable bonds is 6. The summed E-state index contributed by atoms with van der Waals surface area (Å²) in [5.41, 5.74) is 3.08. The van der Waals surface area contributed by atoms with Crippen LogP contribution in [0.4, 0.5) is 10.1 Å². The molecule has 0 radical (unpaired) electrons. The first-order valence-corrected chi connectivity index (χ1v) is 13.2. The molecular formula is C29H34FN3O5. The highest BCUT2D eigenvalue weighted by Crippen LogP contribution is 2.43. The average molecular weight is 524 g/mol. The molecule has 2 aliphatic carbocycles. The van der Waals surface area contributed by atoms with Gasteiger partial charge in [-0.1, -0.05) is 13.8 Å². The molecule has 9 heteroatoms. The summed E-state index contributed by atoms with van der Waals surface area (Å²) < 4.78 is 25.1. The normalized spacial score (nSPS) is 23.1. The Kier molecular flexibility index (Phi) is 6.88. The molecule has 1 saturated carbocycles. The number of anilines is 1. The lowest BCUT2D eigenvalue weighted by atomic mass is 9.72. The van der Waals surface area contributed by atoms with Crippen LogP contribution in [0.25, 0.3) is 0 Å². The molecule has 0 saturated heterocycles. The monoisotopic (exact) mass is 523 g/mol. The minimum absolute atomic E-state index is 0.102. The van der Waals surface area contributed by atoms with E-state index < -0.39 is 11.9 Å². The summed E-state index contributed by atoms with van der Waals surface area (Å²) >= 11 is 0. The van der Waals surface area contributed by atoms with Crippen molar-refractivity contribution in [3.8, 4) is 5.88 Å². The number of esters is 1. The first-order chi connectivity index (χ1) is 18.1. The minimum Gasteiger partial charge on any atom is -0.481 e. The molecule has 2 amide bonds. The molecule has 38 heavy (non-hydrogen) atoms. The van der Waals surface area contributed by atoms with E-state index >= 15 is 4.39 Å². The van der Waals surface area contributed by atoms with Crippen LogP contribution in [0.1, 0.15) is 68.0 Å². The maximum Gasteiger partial charge on any atom is 0.305 e. The van der Waals surface area contributed by atoms with E-state index in [-0.39, 0.29) is 41.4 Å². The van der Waals surface area contributed by atoms with Gasteiger partial charge in [0, 0.05) is 42.6 Å². The summed E-state index contributed by atoms with van der Waals surface area (Å²) in [6, 6.07) is 5.76. The van der Waals surface area contributed by atoms with E-state index in [2.05, 4.69) is 10.3 Å². The van der Waals surface area contributed by atoms with E-state index in [9.17, 15) is 14.4 Å². The zero-order valence-electron chi connectivity index (χ0n) is 22.3. The van der Waals surface area contributed by atoms with Crippen LogP contribution in [0.3, 0.4) is 0 Å². The molecule has 1 aromatic heterocycles. The van der Waals surface area contributed by atoms with Gasteiger partial charge in [-0.15, -0.1) is 0 Å². The van der Waals surface area contributed by atoms with Crippen molar-refractivity contribution in [2.45, 2.75) is 63.8 Å². The summed E-state index contributed by atoms with van der Waals surface area (Å²) in [5, 5.41) is 2.89. The van der Waals surface area contributed by atoms with Crippen LogP contribution in [-0.2, 0) is 37.4 Å². The van der Waals surface area contributed by atoms with Gasteiger partial charge in [-0.05, 0) is 66.3 Å². The zero-order valence-corrected chi connectivity index (χ0v) is 22.3. The molecule has 202 valence electrons. The van der Waals surface area contributed by atoms with Crippen LogP contribution >= 0.6 is 0 Å². The molecule has 0 spiro atoms. The first kappa shape index (κ1) is 26.1. The van der Waals surface area contributed by atoms with Gasteiger partial charge in [0.05, 0.1) is 19.9 Å². The number of halogens is 1. The van der Waals surface area contributed by atoms with Gasteiger partial charge in [0.25, 0.3) is 5.91 Å². The number of hydrogen-bond acceptors (Lipinski definition) is 6. The number of amides is 2. The molecule has 5 rings (SSSR count). The summed E-state index contributed by atoms with van der Waals surface area (Å²) in [5.74, 6) is -0.846. The fourth-order valence-electron chi connectivity index (χ4n) is 6.23. The second-order valence-corrected chi connectivity index (χ2v) is 11.3. The van der Waals surface area contributed by atoms with Crippen molar-refractivity contribution in [2.75, 3.05) is 26.1 Å². The third-order valence-corrected chi connectivity index (χ3v) is 8.32. The van der Waals surface area contributed by atoms with Gasteiger partial charge in [0.2, 0.25) is 11.8 Å². The van der Waals surface area contributed by atoms with Crippen molar-refractivity contribution in [1.82, 2.24) is 9.88 Å². The van der Waals surface area contributed by atoms with Crippen LogP contribution in [-0.4, -0.2) is 48.4 Å². The number of nitrogens with one attached hydrogen (secondary N) is 1. The highest BCUT2D eigenvalue weighted by molar-refractivity contribution is 5.99. The molecule has 1 atom stereocenters. The zero-order chi connectivity index (χ0) is 27.2. The van der Waals surface area contributed by atoms with Crippen LogP contribution < -0.4 is 10.1 Å². The lowest BCUT2D eigenvalue weighted by Gasteiger charge is -2.42. The van der Waals surface area contributed by atoms with Gasteiger partial charge < -0.3 is 19.7 Å². The van der Waals surface area contributed by atoms with Crippen molar-refractivity contribution in [2.24, 2.45) is 11.8 Å². The Labute approximate surface area is 221 Å². The van der Waals surface area contributed by atoms with E-state index in [1.54, 1.807) is 17.0 Å². The number of hydrogen-bond donors (Lipinski definition) is 1. The SMILES string of the molecule is COC(=O)C[C@H]1C[C@@H](C(=O)N2CCc3nc(OC)ccc3[C@@H]2C(=O)Nc2cc(F)c3c(c2)CCC3(C)C)C1. The quantitative estimate of drug-likeness (QED) is 0.573. The van der Waals surface area contributed by atoms with Crippen LogP contribution in [0.2, 0.25) is 0 Å². The fraction of sp³-hybridized carbons (Fsp3) is 0.517. The predicted octanol–water partition coefficient (Wildman–Crippen LogP) is 4.11. The number of carbonyl (C=O) groups excluding carboxylic acids is 3. The second kappa shape index (κ2) is 10.0. The van der Waals surface area contributed by atoms with E-state index in [1.165, 1.54) is 20.3 Å². The Morgan fingerprint density at radius 1 is 1.16 bits per heavy atom. The number of aryl methyl sites for hydroxylation is 1. The van der Waals surface area contributed by atoms with Gasteiger partial charge in [-0.25, -0.2) is 9.37 Å². The smallest absolute Gasteiger partial charge is 0.305 e. The second-order valence-electron chi connectivity index (χ2n) is 11.3. The molecule has 2 heterocycles. The Balaban J connectivity index is 1.40. The topological polar surface area (TPSA) is 97.8 Å². The summed E-state index contributed by atoms with van der Waals surface area (Å²) in [4.78, 5) is 45.1. The van der Waals surface area contributed by atoms with E-state index in [1.807, 2.05) is 19.9 Å². The first-order valence-electron chi connectivity index (χ1n) is 13.2. The maximum atomic E-state index is 15.1. The molecule has 1 N–H and O–H groups in total. The lowest BCUT2D eigenvalue weighted by molar-refractivity contribution is -0.150. The largest absolute Gasteiger partial charge is 0.481 e. The number of aromatic nitrogens is 1. The Hall–Kier alpha value is -3.49. The highest BCUT2D eigenvalue weighted by Gasteiger charge is 2.44. The number of ether oxygens (including phenoxy) is 2. The average Bonchev–Trinajstić information content (AvgIpc) is 3.18. The van der Waals surface area contributed by atoms with Crippen molar-refractivity contribution < 1.29 is 28.2 Å². The van der Waals surface area contributed by atoms with E-state index in [4.69, 9.17) is 9.47 Å². The van der Waals surface area contributed by atoms with Crippen LogP contribution in [0.5, 0.6) is 5.88 Å². The molecule has 0 unspecified atom stereocenters. The van der Waals surface area contributed by atoms with Gasteiger partial charge in [-0.3, -0.25) is 14.4 Å². The van der Waals surface area contributed by atoms with Crippen molar-refractivity contribution in [3.63, 3.8) is 0 Å². The Morgan fingerprint density at radius 3 is 2.63 bits per heavy atom. The minimum atomic E-state index is -0.905. The maximum absolute atomic E-state index is 15.1. The number of benzene rings is 1. The molecule has 0 bridgehead atoms. The number of fused-ring (bicyclic) bond motifs is 2. The number of carbonyl (C=O) groups is 3. The highest BCUT2D eigenvalue weighted by atomic mass is 19.1. The van der Waals surface area contributed by atoms with Gasteiger partial charge in [0.15, 0.2) is 0 Å². The lowest BCUT2D eigenvalue weighted by Crippen LogP contribution is -2.50. The predicted molar refractivity (Wildman–Crippen MR) is 138 cm³/mol. The summed E-state index contributed by atoms with van der Waals surface area (Å²) in [7, 11) is 2.89. The third kappa shape index (κ3) is 4.74. The third-order valence-electron chi connectivity index (χ3n) is 8.32. The number of nitrogens with zero attached hydrogens (tertiary/aromatic N) is 2. The van der Waals surface area contributed by atoms with Crippen LogP contribution in [0, 0.1) is 17.7 Å². The fourth-order valence-corrected chi connectivity index (χ4v) is 6.23. The summed E-state index contributed by atoms with van der Waals surface area (Å²) in [6.45, 7) is 4.38. The van der Waals surface area contributed by atoms with Gasteiger partial charge in [-0.2, -0.15) is 0 Å². The Bertz CT molecular complexity index is 1290. The Morgan fingerprint density at radius 2 is 1.92 bits per heavy atom. The molecule has 3 aliphatic rings. The van der Waals surface area contributed by atoms with Crippen molar-refractivity contribution >= 4 is 23.5 Å². The molecule has 1 aromatic carbocycles. The van der Waals surface area contributed by atoms with Crippen LogP contribution in [0.15, 0.2) is 24.3 Å². The summed E-state index contributed by atoms with van der Waals surface area (Å²) in [6.07, 6.45) is 3.54. The van der Waals surface area contributed by atoms with Gasteiger partial charge >= 0.3 is 5.97 Å². The molecule has 2 aromatic rings. The van der Waals surface area contributed by atoms with Crippen molar-refractivity contribution in [1.29, 1.82) is 0 Å². The van der Waals surface area contributed by atoms with E-state index in [0.717, 1.165) is 18.4 Å². The standard InChI is InChI=1S/C29H34FN3O5/c1-29(2)9-7-17-14-19(15-21(30)25(17)29)31-27(35)26-20-5-6-23(37-3)32-22(20)8-10-33(26)28(36)18-11-16(12-18)13-24(34)38-4/h5-6,14-16,18,26H,7-13H2,1-4H3,(H,31,35)/t16-,18+,26-/m1/s1. The van der Waals surface area contributed by atoms with E-state index in [0.29, 0.717) is 54.2 Å². The molecule has 8 nitrogen and oxygen atoms in total. The van der Waals surface area contributed by atoms with Gasteiger partial charge in [0.1, 0.15) is 11.9 Å². The number of pyridine rings is 1. The number of methoxy groups -OCH3 is 2.